The van der Waals surface area contributed by atoms with Crippen LogP contribution >= 0.6 is 11.3 Å². The zero-order chi connectivity index (χ0) is 18.5. The molecule has 1 rings (SSSR count). The molecular weight excluding hydrogens is 328 g/mol. The van der Waals surface area contributed by atoms with E-state index >= 15 is 0 Å². The van der Waals surface area contributed by atoms with E-state index in [4.69, 9.17) is 15.2 Å². The van der Waals surface area contributed by atoms with Gasteiger partial charge in [0, 0.05) is 22.7 Å². The minimum Gasteiger partial charge on any atom is -0.458 e. The van der Waals surface area contributed by atoms with Gasteiger partial charge >= 0.3 is 12.1 Å². The van der Waals surface area contributed by atoms with Gasteiger partial charge in [-0.05, 0) is 53.7 Å². The molecule has 6 nitrogen and oxygen atoms in total. The number of esters is 1. The molecular formula is C17H28N2O4S. The average Bonchev–Trinajstić information content (AvgIpc) is 2.81. The quantitative estimate of drug-likeness (QED) is 0.792. The second-order valence-electron chi connectivity index (χ2n) is 7.51. The van der Waals surface area contributed by atoms with Crippen LogP contribution < -0.4 is 11.1 Å². The van der Waals surface area contributed by atoms with Crippen LogP contribution in [0.5, 0.6) is 0 Å². The van der Waals surface area contributed by atoms with Crippen molar-refractivity contribution in [2.45, 2.75) is 71.8 Å². The first-order valence-electron chi connectivity index (χ1n) is 7.89. The van der Waals surface area contributed by atoms with Gasteiger partial charge in [-0.2, -0.15) is 0 Å². The molecule has 1 atom stereocenters. The minimum atomic E-state index is -0.816. The van der Waals surface area contributed by atoms with Gasteiger partial charge < -0.3 is 20.5 Å². The number of ether oxygens (including phenoxy) is 2. The molecule has 3 N–H and O–H groups in total. The first-order chi connectivity index (χ1) is 10.9. The first-order valence-corrected chi connectivity index (χ1v) is 8.71. The Bertz CT molecular complexity index is 570. The summed E-state index contributed by atoms with van der Waals surface area (Å²) in [5.41, 5.74) is 4.34. The van der Waals surface area contributed by atoms with E-state index < -0.39 is 29.3 Å². The van der Waals surface area contributed by atoms with E-state index in [0.29, 0.717) is 13.0 Å². The molecule has 1 unspecified atom stereocenters. The second-order valence-corrected chi connectivity index (χ2v) is 8.76. The highest BCUT2D eigenvalue weighted by atomic mass is 32.1. The zero-order valence-electron chi connectivity index (χ0n) is 15.3. The molecule has 7 heteroatoms. The molecule has 0 saturated carbocycles. The van der Waals surface area contributed by atoms with Crippen LogP contribution in [-0.4, -0.2) is 29.3 Å². The van der Waals surface area contributed by atoms with Crippen LogP contribution in [0.1, 0.15) is 51.3 Å². The van der Waals surface area contributed by atoms with Gasteiger partial charge in [-0.3, -0.25) is 0 Å². The molecule has 0 saturated heterocycles. The van der Waals surface area contributed by atoms with E-state index in [-0.39, 0.29) is 0 Å². The van der Waals surface area contributed by atoms with Crippen LogP contribution in [0.4, 0.5) is 4.79 Å². The van der Waals surface area contributed by atoms with Gasteiger partial charge in [-0.1, -0.05) is 0 Å². The summed E-state index contributed by atoms with van der Waals surface area (Å²) < 4.78 is 10.6. The Balaban J connectivity index is 2.85. The maximum absolute atomic E-state index is 12.4. The Labute approximate surface area is 147 Å². The molecule has 0 bridgehead atoms. The lowest BCUT2D eigenvalue weighted by molar-refractivity contribution is -0.157. The SMILES string of the molecule is CC(C)(C)OC(=O)NC(Cc1ccc(CN)s1)C(=O)OC(C)(C)C. The largest absolute Gasteiger partial charge is 0.458 e. The summed E-state index contributed by atoms with van der Waals surface area (Å²) in [7, 11) is 0. The van der Waals surface area contributed by atoms with Crippen molar-refractivity contribution >= 4 is 23.4 Å². The minimum absolute atomic E-state index is 0.332. The lowest BCUT2D eigenvalue weighted by Crippen LogP contribution is -2.47. The summed E-state index contributed by atoms with van der Waals surface area (Å²) in [6, 6.07) is 3.00. The normalized spacial score (nSPS) is 13.3. The second kappa shape index (κ2) is 7.98. The first kappa shape index (κ1) is 20.4. The number of nitrogens with one attached hydrogen (secondary N) is 1. The highest BCUT2D eigenvalue weighted by Gasteiger charge is 2.29. The van der Waals surface area contributed by atoms with Gasteiger partial charge in [0.15, 0.2) is 0 Å². The fourth-order valence-electron chi connectivity index (χ4n) is 1.86. The van der Waals surface area contributed by atoms with Gasteiger partial charge in [0.1, 0.15) is 17.2 Å². The molecule has 0 spiro atoms. The maximum Gasteiger partial charge on any atom is 0.408 e. The molecule has 0 aliphatic rings. The summed E-state index contributed by atoms with van der Waals surface area (Å²) in [5, 5.41) is 2.61. The smallest absolute Gasteiger partial charge is 0.408 e. The zero-order valence-corrected chi connectivity index (χ0v) is 16.1. The number of rotatable bonds is 5. The number of nitrogens with two attached hydrogens (primary N) is 1. The topological polar surface area (TPSA) is 90.6 Å². The number of hydrogen-bond acceptors (Lipinski definition) is 6. The van der Waals surface area contributed by atoms with Crippen molar-refractivity contribution in [1.29, 1.82) is 0 Å². The maximum atomic E-state index is 12.4. The predicted octanol–water partition coefficient (Wildman–Crippen LogP) is 2.98. The van der Waals surface area contributed by atoms with Gasteiger partial charge in [-0.25, -0.2) is 9.59 Å². The summed E-state index contributed by atoms with van der Waals surface area (Å²) in [6.07, 6.45) is -0.312. The van der Waals surface area contributed by atoms with Gasteiger partial charge in [0.2, 0.25) is 0 Å². The Morgan fingerprint density at radius 2 is 1.62 bits per heavy atom. The van der Waals surface area contributed by atoms with E-state index in [9.17, 15) is 9.59 Å². The van der Waals surface area contributed by atoms with E-state index in [1.165, 1.54) is 11.3 Å². The highest BCUT2D eigenvalue weighted by Crippen LogP contribution is 2.19. The van der Waals surface area contributed by atoms with Crippen LogP contribution in [-0.2, 0) is 27.2 Å². The average molecular weight is 356 g/mol. The van der Waals surface area contributed by atoms with Crippen molar-refractivity contribution in [2.75, 3.05) is 0 Å². The third-order valence-corrected chi connectivity index (χ3v) is 3.84. The number of thiophene rings is 1. The fraction of sp³-hybridized carbons (Fsp3) is 0.647. The van der Waals surface area contributed by atoms with Crippen molar-refractivity contribution < 1.29 is 19.1 Å². The molecule has 0 aliphatic carbocycles. The van der Waals surface area contributed by atoms with Crippen molar-refractivity contribution in [3.05, 3.63) is 21.9 Å². The summed E-state index contributed by atoms with van der Waals surface area (Å²) in [6.45, 7) is 11.1. The van der Waals surface area contributed by atoms with E-state index in [1.54, 1.807) is 41.5 Å². The molecule has 24 heavy (non-hydrogen) atoms. The number of carbonyl (C=O) groups is 2. The summed E-state index contributed by atoms with van der Waals surface area (Å²) in [4.78, 5) is 26.4. The van der Waals surface area contributed by atoms with Crippen molar-refractivity contribution in [3.8, 4) is 0 Å². The van der Waals surface area contributed by atoms with Crippen LogP contribution in [0.25, 0.3) is 0 Å². The molecule has 0 radical (unpaired) electrons. The number of carbonyl (C=O) groups excluding carboxylic acids is 2. The van der Waals surface area contributed by atoms with Gasteiger partial charge in [-0.15, -0.1) is 11.3 Å². The lowest BCUT2D eigenvalue weighted by Gasteiger charge is -2.26. The molecule has 0 fully saturated rings. The lowest BCUT2D eigenvalue weighted by atomic mass is 10.1. The monoisotopic (exact) mass is 356 g/mol. The molecule has 1 aromatic heterocycles. The van der Waals surface area contributed by atoms with Crippen molar-refractivity contribution in [3.63, 3.8) is 0 Å². The van der Waals surface area contributed by atoms with Gasteiger partial charge in [0.05, 0.1) is 0 Å². The molecule has 1 amide bonds. The van der Waals surface area contributed by atoms with E-state index in [0.717, 1.165) is 9.75 Å². The molecule has 0 aromatic carbocycles. The Kier molecular flexibility index (Phi) is 6.80. The standard InChI is InChI=1S/C17H28N2O4S/c1-16(2,3)22-14(20)13(19-15(21)23-17(4,5)6)9-11-7-8-12(10-18)24-11/h7-8,13H,9-10,18H2,1-6H3,(H,19,21). The van der Waals surface area contributed by atoms with Crippen LogP contribution in [0.15, 0.2) is 12.1 Å². The molecule has 1 heterocycles. The number of amides is 1. The number of alkyl carbamates (subject to hydrolysis) is 1. The Morgan fingerprint density at radius 1 is 1.08 bits per heavy atom. The third kappa shape index (κ3) is 7.79. The Hall–Kier alpha value is -1.60. The fourth-order valence-corrected chi connectivity index (χ4v) is 2.80. The summed E-state index contributed by atoms with van der Waals surface area (Å²) >= 11 is 1.51. The third-order valence-electron chi connectivity index (χ3n) is 2.71. The Morgan fingerprint density at radius 3 is 2.08 bits per heavy atom. The summed E-state index contributed by atoms with van der Waals surface area (Å²) in [5.74, 6) is -0.490. The predicted molar refractivity (Wildman–Crippen MR) is 94.9 cm³/mol. The van der Waals surface area contributed by atoms with E-state index in [1.807, 2.05) is 12.1 Å². The van der Waals surface area contributed by atoms with Crippen LogP contribution in [0.2, 0.25) is 0 Å². The van der Waals surface area contributed by atoms with E-state index in [2.05, 4.69) is 5.32 Å². The van der Waals surface area contributed by atoms with Crippen molar-refractivity contribution in [1.82, 2.24) is 5.32 Å². The van der Waals surface area contributed by atoms with Gasteiger partial charge in [0.25, 0.3) is 0 Å². The van der Waals surface area contributed by atoms with Crippen LogP contribution in [0, 0.1) is 0 Å². The highest BCUT2D eigenvalue weighted by molar-refractivity contribution is 7.12. The number of hydrogen-bond donors (Lipinski definition) is 2. The van der Waals surface area contributed by atoms with Crippen LogP contribution in [0.3, 0.4) is 0 Å². The molecule has 136 valence electrons. The van der Waals surface area contributed by atoms with Crippen molar-refractivity contribution in [2.24, 2.45) is 5.73 Å². The molecule has 0 aliphatic heterocycles. The molecule has 1 aromatic rings.